The molecule has 0 aromatic rings. The number of esters is 2. The minimum Gasteiger partial charge on any atom is -0.479 e. The van der Waals surface area contributed by atoms with Crippen molar-refractivity contribution in [3.8, 4) is 0 Å². The van der Waals surface area contributed by atoms with Gasteiger partial charge in [-0.3, -0.25) is 4.79 Å². The average Bonchev–Trinajstić information content (AvgIpc) is 2.38. The van der Waals surface area contributed by atoms with Gasteiger partial charge in [0.05, 0.1) is 0 Å². The second-order valence-corrected chi connectivity index (χ2v) is 5.01. The summed E-state index contributed by atoms with van der Waals surface area (Å²) in [6.45, 7) is 4.06. The van der Waals surface area contributed by atoms with Crippen LogP contribution in [0.25, 0.3) is 0 Å². The first-order valence-corrected chi connectivity index (χ1v) is 5.46. The Morgan fingerprint density at radius 1 is 1.42 bits per heavy atom. The van der Waals surface area contributed by atoms with E-state index >= 15 is 0 Å². The minimum absolute atomic E-state index is 0.854. The minimum atomic E-state index is -2.53. The van der Waals surface area contributed by atoms with Gasteiger partial charge in [0.1, 0.15) is 0 Å². The van der Waals surface area contributed by atoms with E-state index in [1.165, 1.54) is 0 Å². The van der Waals surface area contributed by atoms with Crippen molar-refractivity contribution < 1.29 is 39.2 Å². The summed E-state index contributed by atoms with van der Waals surface area (Å²) in [5, 5.41) is 29.0. The van der Waals surface area contributed by atoms with E-state index in [0.717, 1.165) is 27.7 Å². The lowest BCUT2D eigenvalue weighted by atomic mass is 9.77. The van der Waals surface area contributed by atoms with E-state index in [9.17, 15) is 24.6 Å². The van der Waals surface area contributed by atoms with Gasteiger partial charge in [-0.1, -0.05) is 0 Å². The van der Waals surface area contributed by atoms with Crippen LogP contribution < -0.4 is 0 Å². The van der Waals surface area contributed by atoms with E-state index < -0.39 is 40.8 Å². The van der Waals surface area contributed by atoms with Crippen LogP contribution in [-0.4, -0.2) is 56.1 Å². The third-order valence-corrected chi connectivity index (χ3v) is 3.39. The molecule has 0 saturated carbocycles. The molecule has 0 aromatic carbocycles. The quantitative estimate of drug-likeness (QED) is 0.549. The highest BCUT2D eigenvalue weighted by Gasteiger charge is 2.71. The number of ether oxygens (including phenoxy) is 2. The van der Waals surface area contributed by atoms with Gasteiger partial charge in [0.25, 0.3) is 0 Å². The summed E-state index contributed by atoms with van der Waals surface area (Å²) in [6, 6.07) is 0. The standard InChI is InChI=1S/C11H16O8/c1-5(12)19-11(4)6(9(2,16)7(13)14)18-8(15)10(11,3)17/h6,16-17H,1-4H3,(H,13,14). The molecule has 8 heteroatoms. The maximum absolute atomic E-state index is 11.6. The molecule has 0 radical (unpaired) electrons. The third-order valence-electron chi connectivity index (χ3n) is 3.39. The number of hydrogen-bond donors (Lipinski definition) is 3. The molecule has 3 N–H and O–H groups in total. The second-order valence-electron chi connectivity index (χ2n) is 5.01. The Kier molecular flexibility index (Phi) is 3.38. The Morgan fingerprint density at radius 3 is 2.26 bits per heavy atom. The third kappa shape index (κ3) is 2.06. The smallest absolute Gasteiger partial charge is 0.342 e. The van der Waals surface area contributed by atoms with Gasteiger partial charge in [-0.25, -0.2) is 9.59 Å². The number of hydrogen-bond acceptors (Lipinski definition) is 7. The van der Waals surface area contributed by atoms with Gasteiger partial charge in [-0.15, -0.1) is 0 Å². The summed E-state index contributed by atoms with van der Waals surface area (Å²) in [5.41, 5.74) is -6.83. The predicted octanol–water partition coefficient (Wildman–Crippen LogP) is -1.18. The average molecular weight is 276 g/mol. The molecule has 0 spiro atoms. The molecular formula is C11H16O8. The Balaban J connectivity index is 3.36. The van der Waals surface area contributed by atoms with Crippen molar-refractivity contribution in [3.63, 3.8) is 0 Å². The molecule has 0 aliphatic carbocycles. The van der Waals surface area contributed by atoms with Crippen molar-refractivity contribution in [3.05, 3.63) is 0 Å². The van der Waals surface area contributed by atoms with Gasteiger partial charge < -0.3 is 24.8 Å². The Morgan fingerprint density at radius 2 is 1.89 bits per heavy atom. The second kappa shape index (κ2) is 4.17. The van der Waals surface area contributed by atoms with E-state index in [0.29, 0.717) is 0 Å². The fourth-order valence-corrected chi connectivity index (χ4v) is 2.01. The van der Waals surface area contributed by atoms with Gasteiger partial charge in [0.2, 0.25) is 5.60 Å². The molecule has 1 fully saturated rings. The number of aliphatic carboxylic acids is 1. The summed E-state index contributed by atoms with van der Waals surface area (Å²) < 4.78 is 9.60. The van der Waals surface area contributed by atoms with Crippen LogP contribution in [0.4, 0.5) is 0 Å². The first kappa shape index (κ1) is 15.4. The van der Waals surface area contributed by atoms with Crippen LogP contribution in [0.2, 0.25) is 0 Å². The van der Waals surface area contributed by atoms with Crippen molar-refractivity contribution >= 4 is 17.9 Å². The zero-order valence-corrected chi connectivity index (χ0v) is 11.0. The molecule has 0 bridgehead atoms. The van der Waals surface area contributed by atoms with Crippen LogP contribution >= 0.6 is 0 Å². The van der Waals surface area contributed by atoms with Crippen LogP contribution in [0.5, 0.6) is 0 Å². The van der Waals surface area contributed by atoms with Gasteiger partial charge in [0.15, 0.2) is 17.3 Å². The van der Waals surface area contributed by atoms with Gasteiger partial charge >= 0.3 is 17.9 Å². The predicted molar refractivity (Wildman–Crippen MR) is 58.9 cm³/mol. The number of cyclic esters (lactones) is 1. The van der Waals surface area contributed by atoms with Crippen LogP contribution in [0.15, 0.2) is 0 Å². The molecule has 0 aromatic heterocycles. The largest absolute Gasteiger partial charge is 0.479 e. The summed E-state index contributed by atoms with van der Waals surface area (Å²) in [7, 11) is 0. The number of carboxylic acid groups (broad SMARTS) is 1. The molecule has 19 heavy (non-hydrogen) atoms. The van der Waals surface area contributed by atoms with Crippen molar-refractivity contribution in [2.24, 2.45) is 0 Å². The van der Waals surface area contributed by atoms with E-state index in [2.05, 4.69) is 0 Å². The molecule has 4 atom stereocenters. The van der Waals surface area contributed by atoms with Crippen molar-refractivity contribution in [1.82, 2.24) is 0 Å². The number of rotatable bonds is 3. The van der Waals surface area contributed by atoms with E-state index in [1.807, 2.05) is 0 Å². The first-order valence-electron chi connectivity index (χ1n) is 5.46. The number of carbonyl (C=O) groups is 3. The number of aliphatic hydroxyl groups is 2. The Bertz CT molecular complexity index is 438. The van der Waals surface area contributed by atoms with E-state index in [1.54, 1.807) is 0 Å². The number of carboxylic acids is 1. The fourth-order valence-electron chi connectivity index (χ4n) is 2.01. The van der Waals surface area contributed by atoms with Crippen molar-refractivity contribution in [2.45, 2.75) is 50.6 Å². The highest BCUT2D eigenvalue weighted by Crippen LogP contribution is 2.43. The first-order chi connectivity index (χ1) is 8.37. The molecule has 1 aliphatic heterocycles. The summed E-state index contributed by atoms with van der Waals surface area (Å²) in [5.74, 6) is -3.71. The Hall–Kier alpha value is -1.67. The fraction of sp³-hybridized carbons (Fsp3) is 0.727. The van der Waals surface area contributed by atoms with Gasteiger partial charge in [-0.2, -0.15) is 0 Å². The Labute approximate surface area is 108 Å². The zero-order chi connectivity index (χ0) is 15.2. The van der Waals surface area contributed by atoms with Gasteiger partial charge in [-0.05, 0) is 20.8 Å². The maximum atomic E-state index is 11.6. The summed E-state index contributed by atoms with van der Waals surface area (Å²) >= 11 is 0. The zero-order valence-electron chi connectivity index (χ0n) is 11.0. The summed E-state index contributed by atoms with van der Waals surface area (Å²) in [6.07, 6.45) is -1.75. The molecular weight excluding hydrogens is 260 g/mol. The van der Waals surface area contributed by atoms with Crippen LogP contribution in [0.3, 0.4) is 0 Å². The monoisotopic (exact) mass is 276 g/mol. The molecule has 1 heterocycles. The lowest BCUT2D eigenvalue weighted by molar-refractivity contribution is -0.208. The lowest BCUT2D eigenvalue weighted by Gasteiger charge is -2.39. The highest BCUT2D eigenvalue weighted by molar-refractivity contribution is 5.87. The van der Waals surface area contributed by atoms with Crippen molar-refractivity contribution in [2.75, 3.05) is 0 Å². The van der Waals surface area contributed by atoms with E-state index in [-0.39, 0.29) is 0 Å². The maximum Gasteiger partial charge on any atom is 0.342 e. The normalized spacial score (nSPS) is 37.4. The lowest BCUT2D eigenvalue weighted by Crippen LogP contribution is -2.64. The molecule has 4 unspecified atom stereocenters. The molecule has 8 nitrogen and oxygen atoms in total. The number of carbonyl (C=O) groups excluding carboxylic acids is 2. The molecule has 1 rings (SSSR count). The summed E-state index contributed by atoms with van der Waals surface area (Å²) in [4.78, 5) is 33.8. The molecule has 1 aliphatic rings. The van der Waals surface area contributed by atoms with Crippen LogP contribution in [0, 0.1) is 0 Å². The SMILES string of the molecule is CC(=O)OC1(C)C(C(C)(O)C(=O)O)OC(=O)C1(C)O. The van der Waals surface area contributed by atoms with Crippen LogP contribution in [-0.2, 0) is 23.9 Å². The van der Waals surface area contributed by atoms with Gasteiger partial charge in [0, 0.05) is 6.92 Å². The molecule has 108 valence electrons. The van der Waals surface area contributed by atoms with E-state index in [4.69, 9.17) is 14.6 Å². The molecule has 1 saturated heterocycles. The van der Waals surface area contributed by atoms with Crippen LogP contribution in [0.1, 0.15) is 27.7 Å². The highest BCUT2D eigenvalue weighted by atomic mass is 16.6. The topological polar surface area (TPSA) is 130 Å². The molecule has 0 amide bonds. The van der Waals surface area contributed by atoms with Crippen molar-refractivity contribution in [1.29, 1.82) is 0 Å².